The van der Waals surface area contributed by atoms with Gasteiger partial charge in [-0.05, 0) is 23.3 Å². The highest BCUT2D eigenvalue weighted by molar-refractivity contribution is 5.43. The minimum absolute atomic E-state index is 0.287. The van der Waals surface area contributed by atoms with Gasteiger partial charge in [-0.3, -0.25) is 0 Å². The first-order valence-electron chi connectivity index (χ1n) is 7.54. The zero-order chi connectivity index (χ0) is 16.7. The first-order chi connectivity index (χ1) is 11.1. The molecule has 0 aliphatic carbocycles. The summed E-state index contributed by atoms with van der Waals surface area (Å²) < 4.78 is 29.4. The number of rotatable bonds is 8. The molecule has 0 aliphatic heterocycles. The predicted octanol–water partition coefficient (Wildman–Crippen LogP) is 3.44. The van der Waals surface area contributed by atoms with Crippen molar-refractivity contribution in [2.45, 2.75) is 19.3 Å². The zero-order valence-corrected chi connectivity index (χ0v) is 13.2. The number of hydrogen-bond donors (Lipinski definition) is 0. The van der Waals surface area contributed by atoms with Crippen LogP contribution in [0.5, 0.6) is 11.5 Å². The molecular weight excluding hydrogens is 280 g/mol. The van der Waals surface area contributed by atoms with Crippen LogP contribution in [-0.4, -0.2) is 27.6 Å². The van der Waals surface area contributed by atoms with Crippen molar-refractivity contribution in [2.24, 2.45) is 0 Å². The van der Waals surface area contributed by atoms with Gasteiger partial charge >= 0.3 is 0 Å². The first kappa shape index (κ1) is 14.9. The SMILES string of the molecule is [3H]C(Cc1ccc(OCc2ccccc2)c(OC)c1)(OC)OC. The van der Waals surface area contributed by atoms with Crippen LogP contribution >= 0.6 is 0 Å². The van der Waals surface area contributed by atoms with Crippen molar-refractivity contribution in [1.29, 1.82) is 0 Å². The molecule has 0 N–H and O–H groups in total. The van der Waals surface area contributed by atoms with Crippen LogP contribution in [0.25, 0.3) is 0 Å². The molecule has 0 radical (unpaired) electrons. The van der Waals surface area contributed by atoms with E-state index in [1.807, 2.05) is 48.5 Å². The fourth-order valence-electron chi connectivity index (χ4n) is 2.07. The molecule has 0 bridgehead atoms. The molecule has 0 heterocycles. The maximum Gasteiger partial charge on any atom is 0.161 e. The minimum Gasteiger partial charge on any atom is -0.493 e. The second kappa shape index (κ2) is 8.41. The van der Waals surface area contributed by atoms with E-state index in [9.17, 15) is 0 Å². The normalized spacial score (nSPS) is 11.9. The third kappa shape index (κ3) is 4.48. The van der Waals surface area contributed by atoms with Gasteiger partial charge in [0.1, 0.15) is 6.61 Å². The van der Waals surface area contributed by atoms with Crippen LogP contribution < -0.4 is 9.47 Å². The Morgan fingerprint density at radius 1 is 0.909 bits per heavy atom. The summed E-state index contributed by atoms with van der Waals surface area (Å²) >= 11 is 0. The largest absolute Gasteiger partial charge is 0.493 e. The van der Waals surface area contributed by atoms with E-state index in [2.05, 4.69) is 0 Å². The van der Waals surface area contributed by atoms with E-state index in [1.54, 1.807) is 7.11 Å². The van der Waals surface area contributed by atoms with Gasteiger partial charge in [0.2, 0.25) is 0 Å². The molecule has 4 nitrogen and oxygen atoms in total. The molecule has 0 saturated heterocycles. The monoisotopic (exact) mass is 304 g/mol. The Morgan fingerprint density at radius 2 is 1.64 bits per heavy atom. The lowest BCUT2D eigenvalue weighted by atomic mass is 10.1. The molecule has 0 fully saturated rings. The van der Waals surface area contributed by atoms with Crippen LogP contribution in [0.1, 0.15) is 12.5 Å². The average Bonchev–Trinajstić information content (AvgIpc) is 2.61. The smallest absolute Gasteiger partial charge is 0.161 e. The van der Waals surface area contributed by atoms with Crippen molar-refractivity contribution in [3.8, 4) is 11.5 Å². The fraction of sp³-hybridized carbons (Fsp3) is 0.333. The lowest BCUT2D eigenvalue weighted by Gasteiger charge is -2.15. The average molecular weight is 304 g/mol. The quantitative estimate of drug-likeness (QED) is 0.700. The van der Waals surface area contributed by atoms with E-state index >= 15 is 0 Å². The van der Waals surface area contributed by atoms with Crippen LogP contribution in [0, 0.1) is 0 Å². The fourth-order valence-corrected chi connectivity index (χ4v) is 2.07. The summed E-state index contributed by atoms with van der Waals surface area (Å²) in [5.74, 6) is 1.28. The number of ether oxygens (including phenoxy) is 4. The number of hydrogen-bond acceptors (Lipinski definition) is 4. The minimum atomic E-state index is -1.41. The molecule has 0 aliphatic rings. The Labute approximate surface area is 133 Å². The van der Waals surface area contributed by atoms with Crippen LogP contribution in [0.4, 0.5) is 0 Å². The molecule has 22 heavy (non-hydrogen) atoms. The summed E-state index contributed by atoms with van der Waals surface area (Å²) in [6.45, 7) is 0.467. The summed E-state index contributed by atoms with van der Waals surface area (Å²) in [5, 5.41) is 0. The van der Waals surface area contributed by atoms with Gasteiger partial charge in [0.25, 0.3) is 0 Å². The van der Waals surface area contributed by atoms with Gasteiger partial charge in [-0.1, -0.05) is 36.4 Å². The summed E-state index contributed by atoms with van der Waals surface area (Å²) in [6, 6.07) is 15.5. The second-order valence-corrected chi connectivity index (χ2v) is 4.72. The molecule has 0 aromatic heterocycles. The van der Waals surface area contributed by atoms with Crippen molar-refractivity contribution in [3.05, 3.63) is 59.7 Å². The number of methoxy groups -OCH3 is 3. The molecule has 2 rings (SSSR count). The second-order valence-electron chi connectivity index (χ2n) is 4.72. The topological polar surface area (TPSA) is 36.9 Å². The third-order valence-corrected chi connectivity index (χ3v) is 3.27. The van der Waals surface area contributed by atoms with Gasteiger partial charge < -0.3 is 18.9 Å². The van der Waals surface area contributed by atoms with Crippen LogP contribution in [-0.2, 0) is 22.5 Å². The van der Waals surface area contributed by atoms with E-state index in [-0.39, 0.29) is 6.42 Å². The van der Waals surface area contributed by atoms with E-state index in [0.717, 1.165) is 11.1 Å². The summed E-state index contributed by atoms with van der Waals surface area (Å²) in [4.78, 5) is 0. The van der Waals surface area contributed by atoms with Crippen LogP contribution in [0.3, 0.4) is 0 Å². The van der Waals surface area contributed by atoms with Crippen LogP contribution in [0.2, 0.25) is 0 Å². The molecule has 0 spiro atoms. The van der Waals surface area contributed by atoms with Gasteiger partial charge in [0, 0.05) is 20.6 Å². The molecule has 0 unspecified atom stereocenters. The van der Waals surface area contributed by atoms with Crippen molar-refractivity contribution < 1.29 is 20.3 Å². The maximum absolute atomic E-state index is 8.01. The Morgan fingerprint density at radius 3 is 2.27 bits per heavy atom. The van der Waals surface area contributed by atoms with E-state index < -0.39 is 6.27 Å². The van der Waals surface area contributed by atoms with Crippen molar-refractivity contribution in [3.63, 3.8) is 0 Å². The molecule has 118 valence electrons. The molecule has 0 saturated carbocycles. The van der Waals surface area contributed by atoms with Gasteiger partial charge in [0.15, 0.2) is 17.8 Å². The van der Waals surface area contributed by atoms with E-state index in [0.29, 0.717) is 18.1 Å². The van der Waals surface area contributed by atoms with Gasteiger partial charge in [0.05, 0.1) is 8.48 Å². The van der Waals surface area contributed by atoms with E-state index in [4.69, 9.17) is 20.3 Å². The van der Waals surface area contributed by atoms with Crippen LogP contribution in [0.15, 0.2) is 48.5 Å². The molecule has 2 aromatic carbocycles. The number of benzene rings is 2. The van der Waals surface area contributed by atoms with Crippen molar-refractivity contribution >= 4 is 0 Å². The Kier molecular flexibility index (Phi) is 5.69. The zero-order valence-electron chi connectivity index (χ0n) is 14.2. The summed E-state index contributed by atoms with van der Waals surface area (Å²) in [5.41, 5.74) is 1.95. The third-order valence-electron chi connectivity index (χ3n) is 3.27. The van der Waals surface area contributed by atoms with Crippen molar-refractivity contribution in [1.82, 2.24) is 0 Å². The highest BCUT2D eigenvalue weighted by Gasteiger charge is 2.10. The van der Waals surface area contributed by atoms with Gasteiger partial charge in [-0.15, -0.1) is 0 Å². The standard InChI is InChI=1S/C18H22O4/c1-19-17-11-15(12-18(20-2)21-3)9-10-16(17)22-13-14-7-5-4-6-8-14/h4-11,18H,12-13H2,1-3H3/i18T. The molecule has 2 aromatic rings. The Bertz CT molecular complexity index is 612. The summed E-state index contributed by atoms with van der Waals surface area (Å²) in [6.07, 6.45) is -1.12. The summed E-state index contributed by atoms with van der Waals surface area (Å²) in [7, 11) is 4.49. The lowest BCUT2D eigenvalue weighted by Crippen LogP contribution is -2.16. The van der Waals surface area contributed by atoms with Crippen molar-refractivity contribution in [2.75, 3.05) is 21.3 Å². The van der Waals surface area contributed by atoms with Gasteiger partial charge in [-0.25, -0.2) is 0 Å². The molecular formula is C18H22O4. The predicted molar refractivity (Wildman–Crippen MR) is 85.3 cm³/mol. The first-order valence-corrected chi connectivity index (χ1v) is 7.04. The molecule has 4 heteroatoms. The Balaban J connectivity index is 2.10. The lowest BCUT2D eigenvalue weighted by molar-refractivity contribution is -0.100. The highest BCUT2D eigenvalue weighted by atomic mass is 16.7. The van der Waals surface area contributed by atoms with E-state index in [1.165, 1.54) is 14.2 Å². The molecule has 0 amide bonds. The Hall–Kier alpha value is -2.04. The molecule has 0 atom stereocenters. The maximum atomic E-state index is 8.01. The highest BCUT2D eigenvalue weighted by Crippen LogP contribution is 2.29. The van der Waals surface area contributed by atoms with Gasteiger partial charge in [-0.2, -0.15) is 0 Å².